The molecule has 0 aliphatic heterocycles. The van der Waals surface area contributed by atoms with Gasteiger partial charge in [0.25, 0.3) is 5.69 Å². The Bertz CT molecular complexity index is 592. The first-order valence-corrected chi connectivity index (χ1v) is 5.72. The molecule has 2 aromatic rings. The predicted octanol–water partition coefficient (Wildman–Crippen LogP) is 1.95. The van der Waals surface area contributed by atoms with Crippen molar-refractivity contribution in [2.75, 3.05) is 7.11 Å². The molecule has 0 aliphatic carbocycles. The van der Waals surface area contributed by atoms with Crippen LogP contribution in [-0.4, -0.2) is 21.7 Å². The second-order valence-electron chi connectivity index (χ2n) is 4.04. The van der Waals surface area contributed by atoms with Gasteiger partial charge in [-0.3, -0.25) is 10.1 Å². The lowest BCUT2D eigenvalue weighted by atomic mass is 10.1. The Hall–Kier alpha value is -2.34. The third-order valence-electron chi connectivity index (χ3n) is 2.90. The molecule has 0 amide bonds. The molecule has 19 heavy (non-hydrogen) atoms. The Morgan fingerprint density at radius 1 is 1.42 bits per heavy atom. The van der Waals surface area contributed by atoms with E-state index >= 15 is 0 Å². The lowest BCUT2D eigenvalue weighted by Gasteiger charge is -2.11. The third-order valence-corrected chi connectivity index (χ3v) is 2.90. The van der Waals surface area contributed by atoms with Gasteiger partial charge in [-0.25, -0.2) is 0 Å². The van der Waals surface area contributed by atoms with Gasteiger partial charge in [-0.2, -0.15) is 0 Å². The lowest BCUT2D eigenvalue weighted by Crippen LogP contribution is -2.05. The summed E-state index contributed by atoms with van der Waals surface area (Å²) >= 11 is 0. The van der Waals surface area contributed by atoms with E-state index in [1.165, 1.54) is 19.2 Å². The van der Waals surface area contributed by atoms with Gasteiger partial charge in [0.1, 0.15) is 5.75 Å². The minimum absolute atomic E-state index is 0.0218. The predicted molar refractivity (Wildman–Crippen MR) is 69.1 cm³/mol. The summed E-state index contributed by atoms with van der Waals surface area (Å²) in [6, 6.07) is 8.08. The van der Waals surface area contributed by atoms with Gasteiger partial charge in [0.2, 0.25) is 0 Å². The topological polar surface area (TPSA) is 77.5 Å². The molecule has 1 aromatic carbocycles. The standard InChI is InChI=1S/C13H14N2O4/c1-19-13-5-4-11(15(17)18)7-10(13)8-14-6-2-3-12(14)9-16/h2-7,16H,8-9H2,1H3. The molecule has 0 fully saturated rings. The van der Waals surface area contributed by atoms with E-state index in [-0.39, 0.29) is 12.3 Å². The highest BCUT2D eigenvalue weighted by molar-refractivity contribution is 5.44. The molecule has 1 N–H and O–H groups in total. The molecule has 1 aromatic heterocycles. The van der Waals surface area contributed by atoms with Gasteiger partial charge < -0.3 is 14.4 Å². The SMILES string of the molecule is COc1ccc([N+](=O)[O-])cc1Cn1cccc1CO. The summed E-state index contributed by atoms with van der Waals surface area (Å²) in [6.45, 7) is 0.331. The van der Waals surface area contributed by atoms with Crippen molar-refractivity contribution in [1.82, 2.24) is 4.57 Å². The molecule has 0 unspecified atom stereocenters. The number of hydrogen-bond acceptors (Lipinski definition) is 4. The van der Waals surface area contributed by atoms with Crippen LogP contribution < -0.4 is 4.74 Å². The van der Waals surface area contributed by atoms with Crippen molar-refractivity contribution in [2.45, 2.75) is 13.2 Å². The van der Waals surface area contributed by atoms with Gasteiger partial charge in [-0.15, -0.1) is 0 Å². The fraction of sp³-hybridized carbons (Fsp3) is 0.231. The van der Waals surface area contributed by atoms with Crippen LogP contribution >= 0.6 is 0 Å². The van der Waals surface area contributed by atoms with E-state index in [9.17, 15) is 15.2 Å². The highest BCUT2D eigenvalue weighted by atomic mass is 16.6. The van der Waals surface area contributed by atoms with Crippen LogP contribution in [-0.2, 0) is 13.2 Å². The molecule has 2 rings (SSSR count). The van der Waals surface area contributed by atoms with E-state index in [2.05, 4.69) is 0 Å². The molecule has 100 valence electrons. The van der Waals surface area contributed by atoms with Crippen molar-refractivity contribution in [2.24, 2.45) is 0 Å². The number of methoxy groups -OCH3 is 1. The van der Waals surface area contributed by atoms with Gasteiger partial charge in [-0.1, -0.05) is 0 Å². The van der Waals surface area contributed by atoms with Gasteiger partial charge in [0.05, 0.1) is 25.2 Å². The number of nitro benzene ring substituents is 1. The Labute approximate surface area is 110 Å². The number of ether oxygens (including phenoxy) is 1. The second kappa shape index (κ2) is 5.53. The summed E-state index contributed by atoms with van der Waals surface area (Å²) in [6.07, 6.45) is 1.81. The summed E-state index contributed by atoms with van der Waals surface area (Å²) < 4.78 is 7.02. The van der Waals surface area contributed by atoms with Crippen molar-refractivity contribution in [3.05, 3.63) is 57.9 Å². The molecular formula is C13H14N2O4. The number of non-ortho nitro benzene ring substituents is 1. The minimum Gasteiger partial charge on any atom is -0.496 e. The molecule has 1 heterocycles. The highest BCUT2D eigenvalue weighted by Gasteiger charge is 2.12. The molecule has 6 nitrogen and oxygen atoms in total. The quantitative estimate of drug-likeness (QED) is 0.660. The molecule has 0 aliphatic rings. The first-order valence-electron chi connectivity index (χ1n) is 5.72. The smallest absolute Gasteiger partial charge is 0.270 e. The van der Waals surface area contributed by atoms with Crippen LogP contribution in [0, 0.1) is 10.1 Å². The molecule has 0 radical (unpaired) electrons. The average Bonchev–Trinajstić information content (AvgIpc) is 2.85. The van der Waals surface area contributed by atoms with Gasteiger partial charge in [0.15, 0.2) is 0 Å². The van der Waals surface area contributed by atoms with Gasteiger partial charge in [0, 0.05) is 29.6 Å². The van der Waals surface area contributed by atoms with E-state index < -0.39 is 4.92 Å². The molecule has 0 saturated carbocycles. The molecule has 6 heteroatoms. The number of nitrogens with zero attached hydrogens (tertiary/aromatic N) is 2. The Morgan fingerprint density at radius 2 is 2.21 bits per heavy atom. The van der Waals surface area contributed by atoms with Crippen LogP contribution in [0.4, 0.5) is 5.69 Å². The summed E-state index contributed by atoms with van der Waals surface area (Å²) in [5, 5.41) is 20.0. The Kier molecular flexibility index (Phi) is 3.82. The van der Waals surface area contributed by atoms with Crippen LogP contribution in [0.2, 0.25) is 0 Å². The Balaban J connectivity index is 2.37. The number of hydrogen-bond donors (Lipinski definition) is 1. The first kappa shape index (κ1) is 13.1. The van der Waals surface area contributed by atoms with Crippen LogP contribution in [0.1, 0.15) is 11.3 Å². The maximum absolute atomic E-state index is 10.8. The average molecular weight is 262 g/mol. The summed E-state index contributed by atoms with van der Waals surface area (Å²) in [7, 11) is 1.52. The van der Waals surface area contributed by atoms with E-state index in [1.54, 1.807) is 12.1 Å². The first-order chi connectivity index (χ1) is 9.15. The van der Waals surface area contributed by atoms with E-state index in [4.69, 9.17) is 4.74 Å². The molecule has 0 spiro atoms. The number of benzene rings is 1. The molecule has 0 saturated heterocycles. The monoisotopic (exact) mass is 262 g/mol. The number of aliphatic hydroxyl groups excluding tert-OH is 1. The molecule has 0 bridgehead atoms. The third kappa shape index (κ3) is 2.74. The van der Waals surface area contributed by atoms with Crippen LogP contribution in [0.25, 0.3) is 0 Å². The fourth-order valence-electron chi connectivity index (χ4n) is 1.93. The lowest BCUT2D eigenvalue weighted by molar-refractivity contribution is -0.384. The normalized spacial score (nSPS) is 10.4. The largest absolute Gasteiger partial charge is 0.496 e. The van der Waals surface area contributed by atoms with Gasteiger partial charge in [-0.05, 0) is 18.2 Å². The number of aromatic nitrogens is 1. The van der Waals surface area contributed by atoms with E-state index in [0.717, 1.165) is 5.69 Å². The second-order valence-corrected chi connectivity index (χ2v) is 4.04. The fourth-order valence-corrected chi connectivity index (χ4v) is 1.93. The summed E-state index contributed by atoms with van der Waals surface area (Å²) in [5.74, 6) is 0.586. The van der Waals surface area contributed by atoms with E-state index in [1.807, 2.05) is 16.8 Å². The number of rotatable bonds is 5. The minimum atomic E-state index is -0.439. The van der Waals surface area contributed by atoms with E-state index in [0.29, 0.717) is 17.9 Å². The number of nitro groups is 1. The van der Waals surface area contributed by atoms with Crippen LogP contribution in [0.3, 0.4) is 0 Å². The summed E-state index contributed by atoms with van der Waals surface area (Å²) in [5.41, 5.74) is 1.46. The zero-order valence-corrected chi connectivity index (χ0v) is 10.4. The summed E-state index contributed by atoms with van der Waals surface area (Å²) in [4.78, 5) is 10.4. The van der Waals surface area contributed by atoms with Crippen LogP contribution in [0.15, 0.2) is 36.5 Å². The van der Waals surface area contributed by atoms with Gasteiger partial charge >= 0.3 is 0 Å². The van der Waals surface area contributed by atoms with Crippen LogP contribution in [0.5, 0.6) is 5.75 Å². The zero-order chi connectivity index (χ0) is 13.8. The zero-order valence-electron chi connectivity index (χ0n) is 10.4. The van der Waals surface area contributed by atoms with Crippen molar-refractivity contribution in [3.63, 3.8) is 0 Å². The van der Waals surface area contributed by atoms with Crippen molar-refractivity contribution in [3.8, 4) is 5.75 Å². The van der Waals surface area contributed by atoms with Crippen molar-refractivity contribution < 1.29 is 14.8 Å². The Morgan fingerprint density at radius 3 is 2.84 bits per heavy atom. The maximum Gasteiger partial charge on any atom is 0.270 e. The molecular weight excluding hydrogens is 248 g/mol. The molecule has 0 atom stereocenters. The maximum atomic E-state index is 10.8. The number of aliphatic hydroxyl groups is 1. The van der Waals surface area contributed by atoms with Crippen molar-refractivity contribution >= 4 is 5.69 Å². The van der Waals surface area contributed by atoms with Crippen molar-refractivity contribution in [1.29, 1.82) is 0 Å². The highest BCUT2D eigenvalue weighted by Crippen LogP contribution is 2.25.